The number of halogens is 2. The Bertz CT molecular complexity index is 1820. The molecule has 0 N–H and O–H groups in total. The molecule has 0 unspecified atom stereocenters. The van der Waals surface area contributed by atoms with Crippen LogP contribution in [0, 0.1) is 5.82 Å². The molecule has 0 fully saturated rings. The Morgan fingerprint density at radius 2 is 1.87 bits per heavy atom. The smallest absolute Gasteiger partial charge is 0.338 e. The molecule has 5 rings (SSSR count). The minimum absolute atomic E-state index is 0.0261. The zero-order chi connectivity index (χ0) is 27.9. The summed E-state index contributed by atoms with van der Waals surface area (Å²) in [7, 11) is 0.0117. The van der Waals surface area contributed by atoms with Crippen molar-refractivity contribution < 1.29 is 13.9 Å². The van der Waals surface area contributed by atoms with Crippen LogP contribution in [0.15, 0.2) is 64.4 Å². The second kappa shape index (κ2) is 10.7. The highest BCUT2D eigenvalue weighted by molar-refractivity contribution is 7.22. The number of nitrogens with zero attached hydrogens (tertiary/aromatic N) is 3. The van der Waals surface area contributed by atoms with E-state index in [0.717, 1.165) is 21.4 Å². The molecule has 3 aromatic heterocycles. The van der Waals surface area contributed by atoms with Crippen LogP contribution < -0.4 is 16.0 Å². The third-order valence-electron chi connectivity index (χ3n) is 6.43. The monoisotopic (exact) mass is 583 g/mol. The highest BCUT2D eigenvalue weighted by Gasteiger charge is 2.22. The van der Waals surface area contributed by atoms with Crippen molar-refractivity contribution >= 4 is 52.0 Å². The van der Waals surface area contributed by atoms with Gasteiger partial charge < -0.3 is 9.47 Å². The van der Waals surface area contributed by atoms with Crippen LogP contribution in [-0.2, 0) is 11.5 Å². The lowest BCUT2D eigenvalue weighted by Gasteiger charge is -2.17. The fraction of sp³-hybridized carbons (Fsp3) is 0.250. The van der Waals surface area contributed by atoms with Gasteiger partial charge in [0.05, 0.1) is 29.5 Å². The van der Waals surface area contributed by atoms with Crippen molar-refractivity contribution in [1.82, 2.24) is 14.1 Å². The fourth-order valence-corrected chi connectivity index (χ4v) is 6.49. The van der Waals surface area contributed by atoms with Crippen LogP contribution in [0.4, 0.5) is 4.39 Å². The molecule has 39 heavy (non-hydrogen) atoms. The van der Waals surface area contributed by atoms with Gasteiger partial charge in [-0.25, -0.2) is 13.8 Å². The summed E-state index contributed by atoms with van der Waals surface area (Å²) in [6.45, 7) is 7.21. The summed E-state index contributed by atoms with van der Waals surface area (Å²) in [6.07, 6.45) is 3.21. The summed E-state index contributed by atoms with van der Waals surface area (Å²) >= 11 is 7.57. The third-order valence-corrected chi connectivity index (χ3v) is 9.60. The summed E-state index contributed by atoms with van der Waals surface area (Å²) in [5.74, 6) is -0.566. The number of hydrogen-bond acceptors (Lipinski definition) is 6. The van der Waals surface area contributed by atoms with Crippen molar-refractivity contribution in [2.75, 3.05) is 13.7 Å². The van der Waals surface area contributed by atoms with Gasteiger partial charge in [0.2, 0.25) is 0 Å². The van der Waals surface area contributed by atoms with E-state index in [0.29, 0.717) is 33.0 Å². The van der Waals surface area contributed by atoms with E-state index in [-0.39, 0.29) is 17.5 Å². The average Bonchev–Trinajstić information content (AvgIpc) is 3.33. The van der Waals surface area contributed by atoms with Crippen molar-refractivity contribution in [3.8, 4) is 21.9 Å². The zero-order valence-corrected chi connectivity index (χ0v) is 24.5. The number of methoxy groups -OCH3 is 1. The molecule has 0 aliphatic carbocycles. The first-order chi connectivity index (χ1) is 18.6. The second-order valence-corrected chi connectivity index (χ2v) is 17.5. The number of benzene rings is 2. The predicted molar refractivity (Wildman–Crippen MR) is 158 cm³/mol. The first-order valence-electron chi connectivity index (χ1n) is 12.3. The van der Waals surface area contributed by atoms with E-state index in [2.05, 4.69) is 24.6 Å². The molecular formula is C28H27ClFN3O4SSi. The number of aromatic nitrogens is 3. The van der Waals surface area contributed by atoms with Crippen LogP contribution >= 0.6 is 22.9 Å². The Morgan fingerprint density at radius 1 is 1.10 bits per heavy atom. The normalized spacial score (nSPS) is 11.9. The fourth-order valence-electron chi connectivity index (χ4n) is 4.30. The molecule has 0 radical (unpaired) electrons. The molecule has 0 bridgehead atoms. The van der Waals surface area contributed by atoms with Crippen LogP contribution in [0.3, 0.4) is 0 Å². The third kappa shape index (κ3) is 5.29. The maximum absolute atomic E-state index is 14.2. The van der Waals surface area contributed by atoms with Crippen LogP contribution in [0.1, 0.15) is 0 Å². The summed E-state index contributed by atoms with van der Waals surface area (Å²) < 4.78 is 28.3. The molecule has 2 aromatic carbocycles. The lowest BCUT2D eigenvalue weighted by atomic mass is 10.1. The van der Waals surface area contributed by atoms with Gasteiger partial charge >= 0.3 is 5.69 Å². The minimum Gasteiger partial charge on any atom is -0.494 e. The molecule has 3 heterocycles. The van der Waals surface area contributed by atoms with E-state index < -0.39 is 25.1 Å². The Kier molecular flexibility index (Phi) is 7.47. The number of hydrogen-bond donors (Lipinski definition) is 0. The van der Waals surface area contributed by atoms with Gasteiger partial charge in [0.15, 0.2) is 11.6 Å². The number of ether oxygens (including phenoxy) is 2. The molecule has 11 heteroatoms. The molecule has 0 saturated carbocycles. The Morgan fingerprint density at radius 3 is 2.62 bits per heavy atom. The SMILES string of the molecule is COc1cc(-c2cc3c(s2)c(=O)n(-c2cncc4ccccc24)c(=O)n3COCC[Si](C)(C)C)c(Cl)cc1F. The van der Waals surface area contributed by atoms with Crippen molar-refractivity contribution in [2.24, 2.45) is 0 Å². The molecule has 7 nitrogen and oxygen atoms in total. The quantitative estimate of drug-likeness (QED) is 0.153. The molecule has 0 aliphatic rings. The standard InChI is InChI=1S/C28H27ClFN3O4SSi/c1-36-24-11-19(20(29)12-21(24)30)25-13-22-26(38-25)27(34)33(23-15-31-14-17-7-5-6-8-18(17)23)28(35)32(22)16-37-9-10-39(2,3)4/h5-8,11-15H,9-10,16H2,1-4H3. The zero-order valence-electron chi connectivity index (χ0n) is 22.0. The van der Waals surface area contributed by atoms with E-state index in [1.54, 1.807) is 12.3 Å². The van der Waals surface area contributed by atoms with Gasteiger partial charge in [-0.3, -0.25) is 14.3 Å². The summed E-state index contributed by atoms with van der Waals surface area (Å²) in [5.41, 5.74) is 0.283. The Hall–Kier alpha value is -3.31. The van der Waals surface area contributed by atoms with E-state index in [4.69, 9.17) is 21.1 Å². The number of rotatable bonds is 8. The van der Waals surface area contributed by atoms with Crippen LogP contribution in [-0.4, -0.2) is 35.9 Å². The van der Waals surface area contributed by atoms with Gasteiger partial charge in [0, 0.05) is 42.1 Å². The topological polar surface area (TPSA) is 75.4 Å². The van der Waals surface area contributed by atoms with Crippen molar-refractivity contribution in [3.63, 3.8) is 0 Å². The lowest BCUT2D eigenvalue weighted by Crippen LogP contribution is -2.39. The van der Waals surface area contributed by atoms with E-state index >= 15 is 0 Å². The number of fused-ring (bicyclic) bond motifs is 2. The summed E-state index contributed by atoms with van der Waals surface area (Å²) in [6, 6.07) is 12.8. The van der Waals surface area contributed by atoms with E-state index in [9.17, 15) is 14.0 Å². The van der Waals surface area contributed by atoms with Crippen molar-refractivity contribution in [1.29, 1.82) is 0 Å². The van der Waals surface area contributed by atoms with E-state index in [1.165, 1.54) is 41.3 Å². The predicted octanol–water partition coefficient (Wildman–Crippen LogP) is 6.54. The molecule has 5 aromatic rings. The molecule has 0 aliphatic heterocycles. The minimum atomic E-state index is -1.36. The van der Waals surface area contributed by atoms with E-state index in [1.807, 2.05) is 24.3 Å². The Labute approximate surface area is 234 Å². The van der Waals surface area contributed by atoms with Crippen LogP contribution in [0.25, 0.3) is 37.1 Å². The maximum Gasteiger partial charge on any atom is 0.338 e. The molecule has 0 saturated heterocycles. The van der Waals surface area contributed by atoms with Crippen LogP contribution in [0.2, 0.25) is 30.7 Å². The lowest BCUT2D eigenvalue weighted by molar-refractivity contribution is 0.0864. The molecule has 0 spiro atoms. The highest BCUT2D eigenvalue weighted by atomic mass is 35.5. The average molecular weight is 584 g/mol. The number of pyridine rings is 1. The van der Waals surface area contributed by atoms with Gasteiger partial charge in [0.1, 0.15) is 11.4 Å². The van der Waals surface area contributed by atoms with Gasteiger partial charge in [-0.15, -0.1) is 11.3 Å². The van der Waals surface area contributed by atoms with Gasteiger partial charge in [-0.1, -0.05) is 55.5 Å². The molecule has 0 amide bonds. The van der Waals surface area contributed by atoms with Gasteiger partial charge in [-0.2, -0.15) is 0 Å². The largest absolute Gasteiger partial charge is 0.494 e. The van der Waals surface area contributed by atoms with Crippen LogP contribution in [0.5, 0.6) is 5.75 Å². The van der Waals surface area contributed by atoms with Gasteiger partial charge in [-0.05, 0) is 24.2 Å². The molecule has 0 atom stereocenters. The highest BCUT2D eigenvalue weighted by Crippen LogP contribution is 2.39. The van der Waals surface area contributed by atoms with Crippen molar-refractivity contribution in [3.05, 3.63) is 86.5 Å². The summed E-state index contributed by atoms with van der Waals surface area (Å²) in [5, 5.41) is 1.69. The first kappa shape index (κ1) is 27.3. The van der Waals surface area contributed by atoms with Gasteiger partial charge in [0.25, 0.3) is 5.56 Å². The van der Waals surface area contributed by atoms with Crippen molar-refractivity contribution in [2.45, 2.75) is 32.4 Å². The summed E-state index contributed by atoms with van der Waals surface area (Å²) in [4.78, 5) is 32.7. The molecule has 202 valence electrons. The Balaban J connectivity index is 1.74. The molecular weight excluding hydrogens is 557 g/mol. The maximum atomic E-state index is 14.2. The second-order valence-electron chi connectivity index (χ2n) is 10.4. The number of thiophene rings is 1. The first-order valence-corrected chi connectivity index (χ1v) is 17.2.